The highest BCUT2D eigenvalue weighted by Crippen LogP contribution is 2.36. The number of carbonyl (C=O) groups is 2. The van der Waals surface area contributed by atoms with Crippen molar-refractivity contribution in [2.45, 2.75) is 18.8 Å². The van der Waals surface area contributed by atoms with Gasteiger partial charge in [-0.2, -0.15) is 0 Å². The molecule has 1 saturated heterocycles. The van der Waals surface area contributed by atoms with Gasteiger partial charge < -0.3 is 30.3 Å². The Bertz CT molecular complexity index is 1520. The van der Waals surface area contributed by atoms with E-state index in [0.29, 0.717) is 28.8 Å². The third-order valence-electron chi connectivity index (χ3n) is 7.53. The summed E-state index contributed by atoms with van der Waals surface area (Å²) in [5.41, 5.74) is 3.35. The molecule has 0 aliphatic carbocycles. The van der Waals surface area contributed by atoms with E-state index in [-0.39, 0.29) is 18.5 Å². The molecule has 10 nitrogen and oxygen atoms in total. The van der Waals surface area contributed by atoms with Crippen LogP contribution in [0.3, 0.4) is 0 Å². The molecule has 0 atom stereocenters. The van der Waals surface area contributed by atoms with E-state index in [9.17, 15) is 9.59 Å². The number of piperidine rings is 1. The zero-order valence-corrected chi connectivity index (χ0v) is 23.6. The number of pyridine rings is 1. The smallest absolute Gasteiger partial charge is 0.325 e. The van der Waals surface area contributed by atoms with Crippen LogP contribution in [0.25, 0.3) is 10.9 Å². The van der Waals surface area contributed by atoms with Gasteiger partial charge >= 0.3 is 6.03 Å². The maximum atomic E-state index is 13.0. The van der Waals surface area contributed by atoms with Crippen molar-refractivity contribution in [3.8, 4) is 11.5 Å². The van der Waals surface area contributed by atoms with Gasteiger partial charge in [0, 0.05) is 57.1 Å². The van der Waals surface area contributed by atoms with Crippen LogP contribution in [0.5, 0.6) is 11.5 Å². The number of fused-ring (bicyclic) bond motifs is 1. The molecule has 2 amide bonds. The quantitative estimate of drug-likeness (QED) is 0.293. The van der Waals surface area contributed by atoms with Gasteiger partial charge in [-0.3, -0.25) is 9.36 Å². The fourth-order valence-corrected chi connectivity index (χ4v) is 5.28. The number of ether oxygens (including phenoxy) is 1. The number of rotatable bonds is 8. The third-order valence-corrected chi connectivity index (χ3v) is 7.53. The number of amides is 2. The number of benzene rings is 2. The van der Waals surface area contributed by atoms with Crippen LogP contribution in [0.1, 0.15) is 34.7 Å². The summed E-state index contributed by atoms with van der Waals surface area (Å²) in [6.07, 6.45) is 5.41. The van der Waals surface area contributed by atoms with Crippen LogP contribution in [-0.4, -0.2) is 78.9 Å². The van der Waals surface area contributed by atoms with E-state index in [0.717, 1.165) is 49.1 Å². The Morgan fingerprint density at radius 1 is 1.07 bits per heavy atom. The molecule has 10 heteroatoms. The van der Waals surface area contributed by atoms with Crippen LogP contribution in [0, 0.1) is 0 Å². The van der Waals surface area contributed by atoms with Gasteiger partial charge in [0.05, 0.1) is 17.8 Å². The largest absolute Gasteiger partial charge is 0.455 e. The molecule has 3 N–H and O–H groups in total. The van der Waals surface area contributed by atoms with Crippen LogP contribution in [0.2, 0.25) is 0 Å². The van der Waals surface area contributed by atoms with Crippen molar-refractivity contribution in [2.24, 2.45) is 0 Å². The lowest BCUT2D eigenvalue weighted by atomic mass is 9.89. The molecule has 1 aliphatic rings. The summed E-state index contributed by atoms with van der Waals surface area (Å²) in [4.78, 5) is 33.8. The second-order valence-electron chi connectivity index (χ2n) is 10.4. The van der Waals surface area contributed by atoms with Gasteiger partial charge in [-0.05, 0) is 73.8 Å². The number of anilines is 2. The van der Waals surface area contributed by atoms with Gasteiger partial charge in [0.1, 0.15) is 11.6 Å². The lowest BCUT2D eigenvalue weighted by Crippen LogP contribution is -2.34. The lowest BCUT2D eigenvalue weighted by molar-refractivity contribution is 0.102. The normalized spacial score (nSPS) is 14.1. The molecule has 0 unspecified atom stereocenters. The molecule has 2 aromatic heterocycles. The number of carbonyl (C=O) groups excluding carboxylic acids is 2. The fraction of sp³-hybridized carbons (Fsp3) is 0.323. The predicted octanol–water partition coefficient (Wildman–Crippen LogP) is 4.51. The number of β-amino-alcohol motifs (C(OH)–C–C–N with tert-alkyl or cyclic N) is 1. The molecule has 0 saturated carbocycles. The maximum Gasteiger partial charge on any atom is 0.325 e. The van der Waals surface area contributed by atoms with E-state index in [1.54, 1.807) is 36.1 Å². The minimum absolute atomic E-state index is 0.195. The molecule has 41 heavy (non-hydrogen) atoms. The van der Waals surface area contributed by atoms with E-state index in [1.807, 2.05) is 61.5 Å². The summed E-state index contributed by atoms with van der Waals surface area (Å²) in [5, 5.41) is 15.5. The number of likely N-dealkylation sites (tertiary alicyclic amines) is 1. The summed E-state index contributed by atoms with van der Waals surface area (Å²) < 4.78 is 7.80. The molecule has 214 valence electrons. The van der Waals surface area contributed by atoms with Gasteiger partial charge in [0.2, 0.25) is 0 Å². The van der Waals surface area contributed by atoms with Crippen LogP contribution in [0.4, 0.5) is 16.3 Å². The Morgan fingerprint density at radius 3 is 2.51 bits per heavy atom. The summed E-state index contributed by atoms with van der Waals surface area (Å²) in [6.45, 7) is 2.88. The first-order chi connectivity index (χ1) is 19.9. The van der Waals surface area contributed by atoms with Crippen molar-refractivity contribution in [2.75, 3.05) is 57.6 Å². The lowest BCUT2D eigenvalue weighted by Gasteiger charge is -2.31. The standard InChI is InChI=1S/C31H36N6O4/c1-32-31(40)37-15-11-24-18-28(27(35(2)3)20-26(24)37)41-25-8-12-33-29(19-25)34-30(39)23-6-4-21(5-7-23)22-9-13-36(14-10-22)16-17-38/h4-8,11-12,15,18-20,22,38H,9-10,13-14,16-17H2,1-3H3,(H,32,40)(H,33,34,39). The minimum atomic E-state index is -0.245. The highest BCUT2D eigenvalue weighted by molar-refractivity contribution is 6.03. The zero-order valence-electron chi connectivity index (χ0n) is 23.6. The number of aliphatic hydroxyl groups is 1. The monoisotopic (exact) mass is 556 g/mol. The highest BCUT2D eigenvalue weighted by Gasteiger charge is 2.21. The van der Waals surface area contributed by atoms with Crippen LogP contribution in [-0.2, 0) is 0 Å². The molecule has 1 fully saturated rings. The minimum Gasteiger partial charge on any atom is -0.455 e. The Balaban J connectivity index is 1.27. The number of hydrogen-bond acceptors (Lipinski definition) is 7. The molecule has 5 rings (SSSR count). The first kappa shape index (κ1) is 28.1. The Kier molecular flexibility index (Phi) is 8.51. The molecular weight excluding hydrogens is 520 g/mol. The number of hydrogen-bond donors (Lipinski definition) is 3. The van der Waals surface area contributed by atoms with E-state index >= 15 is 0 Å². The van der Waals surface area contributed by atoms with Gasteiger partial charge in [-0.1, -0.05) is 12.1 Å². The van der Waals surface area contributed by atoms with Crippen molar-refractivity contribution in [1.29, 1.82) is 0 Å². The summed E-state index contributed by atoms with van der Waals surface area (Å²) in [7, 11) is 5.41. The van der Waals surface area contributed by atoms with Gasteiger partial charge in [-0.15, -0.1) is 0 Å². The summed E-state index contributed by atoms with van der Waals surface area (Å²) in [6, 6.07) is 16.6. The summed E-state index contributed by atoms with van der Waals surface area (Å²) >= 11 is 0. The number of aliphatic hydroxyl groups excluding tert-OH is 1. The number of nitrogens with one attached hydrogen (secondary N) is 2. The van der Waals surface area contributed by atoms with Crippen LogP contribution < -0.4 is 20.3 Å². The maximum absolute atomic E-state index is 13.0. The van der Waals surface area contributed by atoms with Crippen LogP contribution >= 0.6 is 0 Å². The second-order valence-corrected chi connectivity index (χ2v) is 10.4. The predicted molar refractivity (Wildman–Crippen MR) is 160 cm³/mol. The van der Waals surface area contributed by atoms with E-state index in [1.165, 1.54) is 5.56 Å². The van der Waals surface area contributed by atoms with Crippen LogP contribution in [0.15, 0.2) is 67.0 Å². The zero-order chi connectivity index (χ0) is 28.9. The number of nitrogens with zero attached hydrogens (tertiary/aromatic N) is 4. The van der Waals surface area contributed by atoms with E-state index < -0.39 is 0 Å². The fourth-order valence-electron chi connectivity index (χ4n) is 5.28. The van der Waals surface area contributed by atoms with Gasteiger partial charge in [0.25, 0.3) is 5.91 Å². The first-order valence-corrected chi connectivity index (χ1v) is 13.8. The van der Waals surface area contributed by atoms with Gasteiger partial charge in [-0.25, -0.2) is 9.78 Å². The molecule has 0 bridgehead atoms. The topological polar surface area (TPSA) is 112 Å². The van der Waals surface area contributed by atoms with Crippen molar-refractivity contribution in [3.63, 3.8) is 0 Å². The molecule has 4 aromatic rings. The average Bonchev–Trinajstić information content (AvgIpc) is 3.40. The Morgan fingerprint density at radius 2 is 1.83 bits per heavy atom. The number of aromatic nitrogens is 2. The van der Waals surface area contributed by atoms with Crippen molar-refractivity contribution in [1.82, 2.24) is 19.8 Å². The molecule has 2 aromatic carbocycles. The van der Waals surface area contributed by atoms with E-state index in [4.69, 9.17) is 9.84 Å². The third kappa shape index (κ3) is 6.34. The average molecular weight is 557 g/mol. The molecule has 1 aliphatic heterocycles. The SMILES string of the molecule is CNC(=O)n1ccc2cc(Oc3ccnc(NC(=O)c4ccc(C5CCN(CCO)CC5)cc4)c3)c(N(C)C)cc21. The summed E-state index contributed by atoms with van der Waals surface area (Å²) in [5.74, 6) is 1.73. The molecule has 0 radical (unpaired) electrons. The second kappa shape index (κ2) is 12.4. The molecule has 0 spiro atoms. The first-order valence-electron chi connectivity index (χ1n) is 13.8. The Labute approximate surface area is 239 Å². The molecule has 3 heterocycles. The highest BCUT2D eigenvalue weighted by atomic mass is 16.5. The van der Waals surface area contributed by atoms with Crippen molar-refractivity contribution < 1.29 is 19.4 Å². The van der Waals surface area contributed by atoms with E-state index in [2.05, 4.69) is 20.5 Å². The van der Waals surface area contributed by atoms with Gasteiger partial charge in [0.15, 0.2) is 5.75 Å². The molecular formula is C31H36N6O4. The van der Waals surface area contributed by atoms with Crippen molar-refractivity contribution >= 4 is 34.3 Å². The van der Waals surface area contributed by atoms with Crippen molar-refractivity contribution in [3.05, 3.63) is 78.1 Å². The Hall–Kier alpha value is -4.41.